The van der Waals surface area contributed by atoms with E-state index in [0.29, 0.717) is 31.9 Å². The first-order valence-electron chi connectivity index (χ1n) is 12.7. The van der Waals surface area contributed by atoms with Crippen LogP contribution in [0.25, 0.3) is 27.6 Å². The summed E-state index contributed by atoms with van der Waals surface area (Å²) in [7, 11) is 1.58. The highest BCUT2D eigenvalue weighted by molar-refractivity contribution is 7.07. The van der Waals surface area contributed by atoms with Crippen molar-refractivity contribution in [2.45, 2.75) is 19.9 Å². The zero-order valence-electron chi connectivity index (χ0n) is 21.8. The van der Waals surface area contributed by atoms with Crippen molar-refractivity contribution in [3.05, 3.63) is 121 Å². The maximum atomic E-state index is 14.2. The van der Waals surface area contributed by atoms with Gasteiger partial charge in [0.25, 0.3) is 5.56 Å². The lowest BCUT2D eigenvalue weighted by Crippen LogP contribution is -2.40. The molecule has 1 aliphatic heterocycles. The van der Waals surface area contributed by atoms with Crippen molar-refractivity contribution in [3.8, 4) is 5.75 Å². The van der Waals surface area contributed by atoms with Crippen LogP contribution in [0.1, 0.15) is 31.0 Å². The SMILES string of the molecule is CCOC(=O)C1=C(C)N=c2s/c(=C/c3c4ccccc4cc4ccccc34)c(=O)n2[C@@H]1c1ccccc1OC. The third-order valence-corrected chi connectivity index (χ3v) is 8.02. The third kappa shape index (κ3) is 4.15. The van der Waals surface area contributed by atoms with Crippen molar-refractivity contribution in [2.24, 2.45) is 4.99 Å². The molecule has 0 fully saturated rings. The molecule has 7 heteroatoms. The number of rotatable bonds is 5. The average Bonchev–Trinajstić information content (AvgIpc) is 3.26. The van der Waals surface area contributed by atoms with Gasteiger partial charge in [-0.3, -0.25) is 9.36 Å². The maximum absolute atomic E-state index is 14.2. The Kier molecular flexibility index (Phi) is 6.37. The molecule has 1 aromatic heterocycles. The second kappa shape index (κ2) is 10.0. The molecular formula is C32H26N2O4S. The normalized spacial score (nSPS) is 15.4. The van der Waals surface area contributed by atoms with E-state index in [1.165, 1.54) is 11.3 Å². The smallest absolute Gasteiger partial charge is 0.338 e. The molecule has 5 aromatic rings. The number of hydrogen-bond donors (Lipinski definition) is 0. The van der Waals surface area contributed by atoms with E-state index in [9.17, 15) is 9.59 Å². The molecule has 194 valence electrons. The first kappa shape index (κ1) is 24.8. The molecule has 0 unspecified atom stereocenters. The Labute approximate surface area is 228 Å². The van der Waals surface area contributed by atoms with Crippen LogP contribution in [0, 0.1) is 0 Å². The summed E-state index contributed by atoms with van der Waals surface area (Å²) in [6.07, 6.45) is 1.96. The Morgan fingerprint density at radius 3 is 2.31 bits per heavy atom. The molecule has 0 radical (unpaired) electrons. The topological polar surface area (TPSA) is 69.9 Å². The van der Waals surface area contributed by atoms with Gasteiger partial charge in [0.2, 0.25) is 0 Å². The lowest BCUT2D eigenvalue weighted by molar-refractivity contribution is -0.139. The van der Waals surface area contributed by atoms with Crippen LogP contribution in [-0.2, 0) is 9.53 Å². The summed E-state index contributed by atoms with van der Waals surface area (Å²) in [5.41, 5.74) is 2.30. The first-order valence-corrected chi connectivity index (χ1v) is 13.6. The summed E-state index contributed by atoms with van der Waals surface area (Å²) in [4.78, 5) is 32.6. The lowest BCUT2D eigenvalue weighted by Gasteiger charge is -2.25. The van der Waals surface area contributed by atoms with Gasteiger partial charge in [-0.15, -0.1) is 0 Å². The van der Waals surface area contributed by atoms with Gasteiger partial charge in [-0.05, 0) is 59.2 Å². The summed E-state index contributed by atoms with van der Waals surface area (Å²) >= 11 is 1.32. The molecule has 0 aliphatic carbocycles. The number of thiazole rings is 1. The summed E-state index contributed by atoms with van der Waals surface area (Å²) in [6.45, 7) is 3.76. The molecular weight excluding hydrogens is 508 g/mol. The minimum atomic E-state index is -0.733. The van der Waals surface area contributed by atoms with Crippen molar-refractivity contribution in [1.82, 2.24) is 4.57 Å². The molecule has 0 bridgehead atoms. The number of nitrogens with zero attached hydrogens (tertiary/aromatic N) is 2. The molecule has 0 spiro atoms. The molecule has 2 heterocycles. The van der Waals surface area contributed by atoms with Crippen LogP contribution in [0.3, 0.4) is 0 Å². The van der Waals surface area contributed by atoms with Crippen LogP contribution < -0.4 is 19.6 Å². The first-order chi connectivity index (χ1) is 19.0. The summed E-state index contributed by atoms with van der Waals surface area (Å²) in [5, 5.41) is 4.32. The van der Waals surface area contributed by atoms with Gasteiger partial charge in [-0.25, -0.2) is 9.79 Å². The van der Waals surface area contributed by atoms with Crippen molar-refractivity contribution in [1.29, 1.82) is 0 Å². The molecule has 0 N–H and O–H groups in total. The predicted octanol–water partition coefficient (Wildman–Crippen LogP) is 5.11. The summed E-state index contributed by atoms with van der Waals surface area (Å²) < 4.78 is 13.2. The number of methoxy groups -OCH3 is 1. The van der Waals surface area contributed by atoms with Gasteiger partial charge >= 0.3 is 5.97 Å². The van der Waals surface area contributed by atoms with E-state index in [-0.39, 0.29) is 12.2 Å². The lowest BCUT2D eigenvalue weighted by atomic mass is 9.95. The van der Waals surface area contributed by atoms with Gasteiger partial charge in [0.05, 0.1) is 29.5 Å². The van der Waals surface area contributed by atoms with E-state index < -0.39 is 12.0 Å². The Morgan fingerprint density at radius 1 is 1.00 bits per heavy atom. The quantitative estimate of drug-likeness (QED) is 0.232. The van der Waals surface area contributed by atoms with E-state index in [2.05, 4.69) is 30.3 Å². The predicted molar refractivity (Wildman–Crippen MR) is 155 cm³/mol. The highest BCUT2D eigenvalue weighted by Crippen LogP contribution is 2.36. The van der Waals surface area contributed by atoms with E-state index in [0.717, 1.165) is 27.1 Å². The number of benzene rings is 4. The van der Waals surface area contributed by atoms with Crippen LogP contribution >= 0.6 is 11.3 Å². The minimum Gasteiger partial charge on any atom is -0.496 e. The third-order valence-electron chi connectivity index (χ3n) is 7.04. The highest BCUT2D eigenvalue weighted by Gasteiger charge is 2.35. The van der Waals surface area contributed by atoms with Gasteiger partial charge in [-0.2, -0.15) is 0 Å². The molecule has 0 saturated carbocycles. The van der Waals surface area contributed by atoms with E-state index in [1.807, 2.05) is 54.6 Å². The number of esters is 1. The number of hydrogen-bond acceptors (Lipinski definition) is 6. The van der Waals surface area contributed by atoms with Gasteiger partial charge in [0.1, 0.15) is 11.8 Å². The molecule has 4 aromatic carbocycles. The number of fused-ring (bicyclic) bond motifs is 3. The molecule has 6 nitrogen and oxygen atoms in total. The fourth-order valence-electron chi connectivity index (χ4n) is 5.31. The summed E-state index contributed by atoms with van der Waals surface area (Å²) in [5.74, 6) is 0.0811. The number of carbonyl (C=O) groups excluding carboxylic acids is 1. The Morgan fingerprint density at radius 2 is 1.64 bits per heavy atom. The number of para-hydroxylation sites is 1. The summed E-state index contributed by atoms with van der Waals surface area (Å²) in [6, 6.07) is 25.2. The molecule has 1 atom stereocenters. The minimum absolute atomic E-state index is 0.215. The van der Waals surface area contributed by atoms with Crippen molar-refractivity contribution < 1.29 is 14.3 Å². The standard InChI is InChI=1S/C32H26N2O4S/c1-4-38-31(36)28-19(2)33-32-34(29(28)24-15-9-10-16-26(24)37-3)30(35)27(39-32)18-25-22-13-7-5-11-20(22)17-21-12-6-8-14-23(21)25/h5-18,29H,4H2,1-3H3/b27-18+/t29-/m1/s1. The molecule has 1 aliphatic rings. The number of allylic oxidation sites excluding steroid dienone is 1. The Balaban J connectivity index is 1.66. The van der Waals surface area contributed by atoms with Crippen LogP contribution in [0.4, 0.5) is 0 Å². The van der Waals surface area contributed by atoms with Crippen LogP contribution in [-0.4, -0.2) is 24.3 Å². The van der Waals surface area contributed by atoms with Gasteiger partial charge in [-0.1, -0.05) is 78.1 Å². The van der Waals surface area contributed by atoms with Crippen molar-refractivity contribution in [2.75, 3.05) is 13.7 Å². The van der Waals surface area contributed by atoms with E-state index >= 15 is 0 Å². The van der Waals surface area contributed by atoms with Crippen LogP contribution in [0.15, 0.2) is 99.9 Å². The Bertz CT molecular complexity index is 1930. The molecule has 6 rings (SSSR count). The second-order valence-electron chi connectivity index (χ2n) is 9.28. The fourth-order valence-corrected chi connectivity index (χ4v) is 6.34. The number of ether oxygens (including phenoxy) is 2. The Hall–Kier alpha value is -4.49. The van der Waals surface area contributed by atoms with Gasteiger partial charge in [0.15, 0.2) is 4.80 Å². The molecule has 0 saturated heterocycles. The highest BCUT2D eigenvalue weighted by atomic mass is 32.1. The van der Waals surface area contributed by atoms with Gasteiger partial charge < -0.3 is 9.47 Å². The zero-order valence-corrected chi connectivity index (χ0v) is 22.6. The molecule has 0 amide bonds. The zero-order chi connectivity index (χ0) is 27.1. The average molecular weight is 535 g/mol. The van der Waals surface area contributed by atoms with Gasteiger partial charge in [0, 0.05) is 5.56 Å². The molecule has 39 heavy (non-hydrogen) atoms. The monoisotopic (exact) mass is 534 g/mol. The largest absolute Gasteiger partial charge is 0.496 e. The number of aromatic nitrogens is 1. The maximum Gasteiger partial charge on any atom is 0.338 e. The van der Waals surface area contributed by atoms with Crippen molar-refractivity contribution >= 4 is 44.9 Å². The van der Waals surface area contributed by atoms with E-state index in [4.69, 9.17) is 14.5 Å². The fraction of sp³-hybridized carbons (Fsp3) is 0.156. The van der Waals surface area contributed by atoms with E-state index in [1.54, 1.807) is 25.5 Å². The number of carbonyl (C=O) groups is 1. The van der Waals surface area contributed by atoms with Crippen molar-refractivity contribution in [3.63, 3.8) is 0 Å². The van der Waals surface area contributed by atoms with Crippen LogP contribution in [0.2, 0.25) is 0 Å². The second-order valence-corrected chi connectivity index (χ2v) is 10.3. The van der Waals surface area contributed by atoms with Crippen LogP contribution in [0.5, 0.6) is 5.75 Å².